The SMILES string of the molecule is COC(Cc1ccccc1)C(=O)N1CCC(O)(Cn2cnc3cc(Cl)ccc3c2=O)CC1. The molecule has 1 saturated heterocycles. The van der Waals surface area contributed by atoms with Crippen molar-refractivity contribution in [3.63, 3.8) is 0 Å². The van der Waals surface area contributed by atoms with Gasteiger partial charge >= 0.3 is 0 Å². The molecule has 0 aliphatic carbocycles. The Bertz CT molecular complexity index is 1160. The van der Waals surface area contributed by atoms with Crippen molar-refractivity contribution in [2.24, 2.45) is 0 Å². The molecule has 4 rings (SSSR count). The van der Waals surface area contributed by atoms with E-state index in [-0.39, 0.29) is 18.0 Å². The van der Waals surface area contributed by atoms with Gasteiger partial charge in [-0.15, -0.1) is 0 Å². The van der Waals surface area contributed by atoms with E-state index in [1.54, 1.807) is 23.1 Å². The number of hydrogen-bond acceptors (Lipinski definition) is 5. The third-order valence-electron chi connectivity index (χ3n) is 6.08. The maximum absolute atomic E-state index is 13.0. The van der Waals surface area contributed by atoms with Crippen molar-refractivity contribution in [1.82, 2.24) is 14.5 Å². The van der Waals surface area contributed by atoms with Gasteiger partial charge in [0.25, 0.3) is 11.5 Å². The Hall–Kier alpha value is -2.74. The number of carbonyl (C=O) groups excluding carboxylic acids is 1. The van der Waals surface area contributed by atoms with Gasteiger partial charge in [0.15, 0.2) is 0 Å². The zero-order valence-corrected chi connectivity index (χ0v) is 18.7. The fourth-order valence-corrected chi connectivity index (χ4v) is 4.33. The fourth-order valence-electron chi connectivity index (χ4n) is 4.17. The second-order valence-corrected chi connectivity index (χ2v) is 8.74. The van der Waals surface area contributed by atoms with Gasteiger partial charge in [0, 0.05) is 31.6 Å². The fraction of sp³-hybridized carbons (Fsp3) is 0.375. The average molecular weight is 456 g/mol. The number of ether oxygens (including phenoxy) is 1. The quantitative estimate of drug-likeness (QED) is 0.617. The average Bonchev–Trinajstić information content (AvgIpc) is 2.80. The van der Waals surface area contributed by atoms with Gasteiger partial charge in [-0.25, -0.2) is 4.98 Å². The van der Waals surface area contributed by atoms with Gasteiger partial charge in [0.1, 0.15) is 6.10 Å². The second kappa shape index (κ2) is 9.40. The lowest BCUT2D eigenvalue weighted by molar-refractivity contribution is -0.146. The zero-order chi connectivity index (χ0) is 22.7. The molecule has 2 aromatic carbocycles. The van der Waals surface area contributed by atoms with Gasteiger partial charge in [0.05, 0.1) is 29.4 Å². The first-order valence-corrected chi connectivity index (χ1v) is 11.0. The number of benzene rings is 2. The molecule has 1 aromatic heterocycles. The Morgan fingerprint density at radius 1 is 1.22 bits per heavy atom. The molecule has 0 spiro atoms. The summed E-state index contributed by atoms with van der Waals surface area (Å²) in [6.45, 7) is 0.919. The molecule has 1 aliphatic heterocycles. The zero-order valence-electron chi connectivity index (χ0n) is 17.9. The Morgan fingerprint density at radius 3 is 2.62 bits per heavy atom. The molecule has 7 nitrogen and oxygen atoms in total. The van der Waals surface area contributed by atoms with Crippen LogP contribution in [0.15, 0.2) is 59.7 Å². The van der Waals surface area contributed by atoms with E-state index in [0.29, 0.717) is 48.3 Å². The lowest BCUT2D eigenvalue weighted by Gasteiger charge is -2.39. The summed E-state index contributed by atoms with van der Waals surface area (Å²) in [5.74, 6) is -0.0835. The van der Waals surface area contributed by atoms with Gasteiger partial charge in [0.2, 0.25) is 0 Å². The highest BCUT2D eigenvalue weighted by Gasteiger charge is 2.36. The van der Waals surface area contributed by atoms with Crippen LogP contribution < -0.4 is 5.56 Å². The highest BCUT2D eigenvalue weighted by molar-refractivity contribution is 6.31. The predicted molar refractivity (Wildman–Crippen MR) is 123 cm³/mol. The minimum absolute atomic E-state index is 0.0835. The highest BCUT2D eigenvalue weighted by atomic mass is 35.5. The van der Waals surface area contributed by atoms with Crippen molar-refractivity contribution in [3.05, 3.63) is 75.8 Å². The van der Waals surface area contributed by atoms with Crippen LogP contribution in [0.2, 0.25) is 5.02 Å². The van der Waals surface area contributed by atoms with Crippen molar-refractivity contribution >= 4 is 28.4 Å². The van der Waals surface area contributed by atoms with E-state index in [1.165, 1.54) is 18.0 Å². The number of piperidine rings is 1. The van der Waals surface area contributed by atoms with Gasteiger partial charge in [-0.2, -0.15) is 0 Å². The minimum Gasteiger partial charge on any atom is -0.388 e. The van der Waals surface area contributed by atoms with Crippen LogP contribution >= 0.6 is 11.6 Å². The summed E-state index contributed by atoms with van der Waals surface area (Å²) in [5, 5.41) is 12.1. The number of nitrogens with zero attached hydrogens (tertiary/aromatic N) is 3. The summed E-state index contributed by atoms with van der Waals surface area (Å²) in [6.07, 6.45) is 2.11. The maximum atomic E-state index is 13.0. The first-order valence-electron chi connectivity index (χ1n) is 10.6. The summed E-state index contributed by atoms with van der Waals surface area (Å²) in [5.41, 5.74) is 0.242. The third-order valence-corrected chi connectivity index (χ3v) is 6.32. The number of aromatic nitrogens is 2. The molecule has 32 heavy (non-hydrogen) atoms. The first kappa shape index (κ1) is 22.5. The molecule has 1 atom stereocenters. The van der Waals surface area contributed by atoms with Crippen molar-refractivity contribution in [2.75, 3.05) is 20.2 Å². The van der Waals surface area contributed by atoms with E-state index in [9.17, 15) is 14.7 Å². The molecule has 1 aliphatic rings. The monoisotopic (exact) mass is 455 g/mol. The van der Waals surface area contributed by atoms with E-state index >= 15 is 0 Å². The van der Waals surface area contributed by atoms with Crippen LogP contribution in [0.3, 0.4) is 0 Å². The summed E-state index contributed by atoms with van der Waals surface area (Å²) >= 11 is 5.98. The van der Waals surface area contributed by atoms with E-state index in [4.69, 9.17) is 16.3 Å². The van der Waals surface area contributed by atoms with Gasteiger partial charge in [-0.05, 0) is 36.6 Å². The van der Waals surface area contributed by atoms with Crippen LogP contribution in [-0.2, 0) is 22.5 Å². The van der Waals surface area contributed by atoms with Crippen molar-refractivity contribution < 1.29 is 14.6 Å². The number of fused-ring (bicyclic) bond motifs is 1. The molecule has 3 aromatic rings. The molecule has 1 unspecified atom stereocenters. The molecular formula is C24H26ClN3O4. The van der Waals surface area contributed by atoms with Crippen LogP contribution in [0.25, 0.3) is 10.9 Å². The standard InChI is InChI=1S/C24H26ClN3O4/c1-32-21(13-17-5-3-2-4-6-17)23(30)27-11-9-24(31,10-12-27)15-28-16-26-20-14-18(25)7-8-19(20)22(28)29/h2-8,14,16,21,31H,9-13,15H2,1H3. The molecule has 8 heteroatoms. The number of likely N-dealkylation sites (tertiary alicyclic amines) is 1. The third kappa shape index (κ3) is 4.85. The molecule has 1 amide bonds. The van der Waals surface area contributed by atoms with E-state index < -0.39 is 11.7 Å². The number of methoxy groups -OCH3 is 1. The van der Waals surface area contributed by atoms with Gasteiger partial charge in [-0.3, -0.25) is 14.2 Å². The minimum atomic E-state index is -1.09. The molecule has 2 heterocycles. The van der Waals surface area contributed by atoms with Crippen LogP contribution in [-0.4, -0.2) is 57.4 Å². The van der Waals surface area contributed by atoms with E-state index in [0.717, 1.165) is 5.56 Å². The Balaban J connectivity index is 1.41. The van der Waals surface area contributed by atoms with Crippen molar-refractivity contribution in [3.8, 4) is 0 Å². The number of carbonyl (C=O) groups is 1. The molecule has 1 N–H and O–H groups in total. The number of halogens is 1. The lowest BCUT2D eigenvalue weighted by Crippen LogP contribution is -2.52. The van der Waals surface area contributed by atoms with Crippen molar-refractivity contribution in [2.45, 2.75) is 37.5 Å². The molecule has 0 saturated carbocycles. The van der Waals surface area contributed by atoms with Crippen LogP contribution in [0.5, 0.6) is 0 Å². The summed E-state index contributed by atoms with van der Waals surface area (Å²) in [4.78, 5) is 31.8. The van der Waals surface area contributed by atoms with Crippen LogP contribution in [0.1, 0.15) is 18.4 Å². The number of rotatable bonds is 6. The largest absolute Gasteiger partial charge is 0.388 e. The summed E-state index contributed by atoms with van der Waals surface area (Å²) in [7, 11) is 1.54. The number of hydrogen-bond donors (Lipinski definition) is 1. The summed E-state index contributed by atoms with van der Waals surface area (Å²) in [6, 6.07) is 14.7. The maximum Gasteiger partial charge on any atom is 0.261 e. The first-order chi connectivity index (χ1) is 15.4. The topological polar surface area (TPSA) is 84.7 Å². The van der Waals surface area contributed by atoms with Gasteiger partial charge in [-0.1, -0.05) is 41.9 Å². The Labute approximate surface area is 191 Å². The van der Waals surface area contributed by atoms with Crippen LogP contribution in [0, 0.1) is 0 Å². The number of aliphatic hydroxyl groups is 1. The Morgan fingerprint density at radius 2 is 1.94 bits per heavy atom. The molecular weight excluding hydrogens is 430 g/mol. The normalized spacial score (nSPS) is 16.8. The highest BCUT2D eigenvalue weighted by Crippen LogP contribution is 2.25. The molecule has 168 valence electrons. The van der Waals surface area contributed by atoms with Gasteiger partial charge < -0.3 is 14.7 Å². The predicted octanol–water partition coefficient (Wildman–Crippen LogP) is 2.66. The lowest BCUT2D eigenvalue weighted by atomic mass is 9.90. The van der Waals surface area contributed by atoms with E-state index in [1.807, 2.05) is 30.3 Å². The van der Waals surface area contributed by atoms with Crippen molar-refractivity contribution in [1.29, 1.82) is 0 Å². The van der Waals surface area contributed by atoms with Crippen LogP contribution in [0.4, 0.5) is 0 Å². The molecule has 0 radical (unpaired) electrons. The molecule has 0 bridgehead atoms. The van der Waals surface area contributed by atoms with E-state index in [2.05, 4.69) is 4.98 Å². The number of amides is 1. The molecule has 1 fully saturated rings. The smallest absolute Gasteiger partial charge is 0.261 e. The second-order valence-electron chi connectivity index (χ2n) is 8.30. The summed E-state index contributed by atoms with van der Waals surface area (Å²) < 4.78 is 6.90. The Kier molecular flexibility index (Phi) is 6.60.